The van der Waals surface area contributed by atoms with Gasteiger partial charge in [-0.05, 0) is 24.4 Å². The summed E-state index contributed by atoms with van der Waals surface area (Å²) in [4.78, 5) is 3.44. The zero-order valence-corrected chi connectivity index (χ0v) is 7.48. The second-order valence-electron chi connectivity index (χ2n) is 2.44. The van der Waals surface area contributed by atoms with Crippen LogP contribution in [0.3, 0.4) is 0 Å². The minimum Gasteiger partial charge on any atom is -0.425 e. The Labute approximate surface area is 83.0 Å². The molecule has 0 saturated heterocycles. The number of rotatable bonds is 1. The summed E-state index contributed by atoms with van der Waals surface area (Å²) in [5, 5.41) is 2.01. The van der Waals surface area contributed by atoms with Crippen LogP contribution in [0.4, 0.5) is 14.5 Å². The Balaban J connectivity index is 2.53. The number of thiocarbonyl (C=S) groups is 1. The van der Waals surface area contributed by atoms with E-state index >= 15 is 0 Å². The predicted molar refractivity (Wildman–Crippen MR) is 47.2 cm³/mol. The van der Waals surface area contributed by atoms with Gasteiger partial charge in [0.25, 0.3) is 0 Å². The molecule has 0 spiro atoms. The van der Waals surface area contributed by atoms with E-state index in [1.54, 1.807) is 0 Å². The molecule has 0 aromatic heterocycles. The number of nitrogens with zero attached hydrogens (tertiary/aromatic N) is 1. The van der Waals surface area contributed by atoms with E-state index in [-0.39, 0.29) is 17.2 Å². The first-order valence-electron chi connectivity index (χ1n) is 3.60. The lowest BCUT2D eigenvalue weighted by Gasteiger charge is -1.98. The molecule has 0 bridgehead atoms. The second-order valence-corrected chi connectivity index (χ2v) is 2.62. The van der Waals surface area contributed by atoms with E-state index in [1.807, 2.05) is 5.16 Å². The van der Waals surface area contributed by atoms with Gasteiger partial charge in [-0.15, -0.1) is 0 Å². The van der Waals surface area contributed by atoms with Crippen LogP contribution in [-0.2, 0) is 0 Å². The molecule has 1 aliphatic rings. The second kappa shape index (κ2) is 3.32. The Morgan fingerprint density at radius 1 is 1.43 bits per heavy atom. The summed E-state index contributed by atoms with van der Waals surface area (Å²) in [5.41, 5.74) is -0.0588. The Morgan fingerprint density at radius 3 is 2.93 bits per heavy atom. The summed E-state index contributed by atoms with van der Waals surface area (Å²) in [6.45, 7) is -1.97. The Kier molecular flexibility index (Phi) is 2.15. The van der Waals surface area contributed by atoms with Crippen LogP contribution < -0.4 is 9.47 Å². The van der Waals surface area contributed by atoms with Crippen LogP contribution in [0.1, 0.15) is 0 Å². The molecule has 0 aliphatic carbocycles. The van der Waals surface area contributed by atoms with E-state index in [2.05, 4.69) is 26.7 Å². The lowest BCUT2D eigenvalue weighted by molar-refractivity contribution is -0.0662. The first-order chi connectivity index (χ1) is 6.72. The van der Waals surface area contributed by atoms with Crippen molar-refractivity contribution in [1.82, 2.24) is 0 Å². The van der Waals surface area contributed by atoms with Crippen LogP contribution in [0.5, 0.6) is 11.5 Å². The molecule has 0 saturated carbocycles. The molecule has 1 aromatic rings. The summed E-state index contributed by atoms with van der Waals surface area (Å²) in [6, 6.07) is 2.65. The van der Waals surface area contributed by atoms with Crippen molar-refractivity contribution >= 4 is 23.1 Å². The van der Waals surface area contributed by atoms with Crippen molar-refractivity contribution in [3.8, 4) is 11.5 Å². The Morgan fingerprint density at radius 2 is 2.21 bits per heavy atom. The number of ether oxygens (including phenoxy) is 2. The van der Waals surface area contributed by atoms with Crippen LogP contribution in [0, 0.1) is 5.82 Å². The normalized spacial score (nSPS) is 17.7. The highest BCUT2D eigenvalue weighted by atomic mass is 32.1. The maximum atomic E-state index is 13.4. The molecule has 0 fully saturated rings. The highest BCUT2D eigenvalue weighted by Crippen LogP contribution is 2.41. The fourth-order valence-corrected chi connectivity index (χ4v) is 1.18. The lowest BCUT2D eigenvalue weighted by atomic mass is 10.2. The van der Waals surface area contributed by atoms with E-state index in [1.165, 1.54) is 12.1 Å². The zero-order chi connectivity index (χ0) is 10.1. The molecule has 3 nitrogen and oxygen atoms in total. The molecule has 0 N–H and O–H groups in total. The van der Waals surface area contributed by atoms with Gasteiger partial charge in [-0.2, -0.15) is 9.38 Å². The predicted octanol–water partition coefficient (Wildman–Crippen LogP) is 2.58. The molecule has 2 rings (SSSR count). The Hall–Kier alpha value is -1.52. The number of isothiocyanates is 1. The minimum absolute atomic E-state index is 0.0123. The van der Waals surface area contributed by atoms with E-state index in [4.69, 9.17) is 0 Å². The average molecular weight is 215 g/mol. The van der Waals surface area contributed by atoms with Gasteiger partial charge in [0, 0.05) is 0 Å². The fraction of sp³-hybridized carbons (Fsp3) is 0.125. The van der Waals surface area contributed by atoms with Gasteiger partial charge in [0.05, 0.1) is 5.16 Å². The first-order valence-corrected chi connectivity index (χ1v) is 4.01. The van der Waals surface area contributed by atoms with Gasteiger partial charge >= 0.3 is 6.54 Å². The van der Waals surface area contributed by atoms with Gasteiger partial charge in [0.15, 0.2) is 11.6 Å². The zero-order valence-electron chi connectivity index (χ0n) is 6.66. The van der Waals surface area contributed by atoms with Crippen LogP contribution >= 0.6 is 12.2 Å². The van der Waals surface area contributed by atoms with Crippen molar-refractivity contribution in [2.75, 3.05) is 0 Å². The number of benzene rings is 1. The van der Waals surface area contributed by atoms with E-state index in [0.717, 1.165) is 0 Å². The molecule has 1 aromatic carbocycles. The van der Waals surface area contributed by atoms with Crippen LogP contribution in [0.15, 0.2) is 17.1 Å². The van der Waals surface area contributed by atoms with Crippen molar-refractivity contribution in [3.05, 3.63) is 17.9 Å². The van der Waals surface area contributed by atoms with Gasteiger partial charge < -0.3 is 9.47 Å². The van der Waals surface area contributed by atoms with Crippen molar-refractivity contribution in [2.45, 2.75) is 6.54 Å². The van der Waals surface area contributed by atoms with Gasteiger partial charge in [-0.25, -0.2) is 4.39 Å². The third-order valence-corrected chi connectivity index (χ3v) is 1.73. The van der Waals surface area contributed by atoms with Crippen LogP contribution in [-0.4, -0.2) is 11.7 Å². The highest BCUT2D eigenvalue weighted by Gasteiger charge is 2.28. The summed E-state index contributed by atoms with van der Waals surface area (Å²) in [5.74, 6) is -1.08. The number of aliphatic imine (C=N–C) groups is 1. The monoisotopic (exact) mass is 215 g/mol. The van der Waals surface area contributed by atoms with Crippen LogP contribution in [0.25, 0.3) is 0 Å². The number of alkyl halides is 1. The van der Waals surface area contributed by atoms with Crippen molar-refractivity contribution < 1.29 is 18.3 Å². The molecule has 6 heteroatoms. The highest BCUT2D eigenvalue weighted by molar-refractivity contribution is 7.78. The molecular weight excluding hydrogens is 212 g/mol. The molecule has 0 radical (unpaired) electrons. The third kappa shape index (κ3) is 1.34. The van der Waals surface area contributed by atoms with Crippen molar-refractivity contribution in [2.24, 2.45) is 4.99 Å². The number of hydrogen-bond donors (Lipinski definition) is 0. The van der Waals surface area contributed by atoms with Gasteiger partial charge in [0.1, 0.15) is 5.69 Å². The molecule has 1 unspecified atom stereocenters. The lowest BCUT2D eigenvalue weighted by Crippen LogP contribution is -2.09. The summed E-state index contributed by atoms with van der Waals surface area (Å²) in [7, 11) is 0. The quantitative estimate of drug-likeness (QED) is 0.533. The summed E-state index contributed by atoms with van der Waals surface area (Å²) < 4.78 is 34.9. The summed E-state index contributed by atoms with van der Waals surface area (Å²) >= 11 is 4.32. The molecule has 1 aliphatic heterocycles. The SMILES string of the molecule is Fc1c(N=C=S)ccc2c1OC(F)O2. The van der Waals surface area contributed by atoms with Crippen molar-refractivity contribution in [1.29, 1.82) is 0 Å². The minimum atomic E-state index is -1.97. The molecular formula is C8H3F2NO2S. The molecule has 1 atom stereocenters. The fourth-order valence-electron chi connectivity index (χ4n) is 1.08. The standard InChI is InChI=1S/C8H3F2NO2S/c9-6-4(11-3-14)1-2-5-7(6)13-8(10)12-5/h1-2,8H. The van der Waals surface area contributed by atoms with E-state index < -0.39 is 12.4 Å². The van der Waals surface area contributed by atoms with E-state index in [9.17, 15) is 8.78 Å². The first kappa shape index (κ1) is 9.05. The molecule has 0 amide bonds. The Bertz CT molecular complexity index is 432. The topological polar surface area (TPSA) is 30.8 Å². The van der Waals surface area contributed by atoms with Crippen LogP contribution in [0.2, 0.25) is 0 Å². The largest absolute Gasteiger partial charge is 0.425 e. The van der Waals surface area contributed by atoms with E-state index in [0.29, 0.717) is 0 Å². The molecule has 14 heavy (non-hydrogen) atoms. The molecule has 1 heterocycles. The van der Waals surface area contributed by atoms with Gasteiger partial charge in [0.2, 0.25) is 5.75 Å². The average Bonchev–Trinajstić information content (AvgIpc) is 2.52. The smallest absolute Gasteiger partial charge is 0.397 e. The summed E-state index contributed by atoms with van der Waals surface area (Å²) in [6.07, 6.45) is 0. The van der Waals surface area contributed by atoms with Gasteiger partial charge in [-0.1, -0.05) is 0 Å². The number of hydrogen-bond acceptors (Lipinski definition) is 4. The number of halogens is 2. The molecule has 72 valence electrons. The third-order valence-electron chi connectivity index (χ3n) is 1.64. The maximum Gasteiger partial charge on any atom is 0.397 e. The maximum absolute atomic E-state index is 13.4. The van der Waals surface area contributed by atoms with Crippen molar-refractivity contribution in [3.63, 3.8) is 0 Å². The number of fused-ring (bicyclic) bond motifs is 1. The van der Waals surface area contributed by atoms with Gasteiger partial charge in [-0.3, -0.25) is 0 Å².